The topological polar surface area (TPSA) is 29.1 Å². The number of hydrogen-bond donors (Lipinski definition) is 1. The zero-order chi connectivity index (χ0) is 12.6. The second-order valence-electron chi connectivity index (χ2n) is 4.88. The third kappa shape index (κ3) is 2.49. The third-order valence-electron chi connectivity index (χ3n) is 3.57. The number of halogens is 1. The van der Waals surface area contributed by atoms with Crippen LogP contribution in [0.3, 0.4) is 0 Å². The van der Waals surface area contributed by atoms with E-state index in [0.29, 0.717) is 5.41 Å². The van der Waals surface area contributed by atoms with Crippen LogP contribution in [0.25, 0.3) is 9.40 Å². The largest absolute Gasteiger partial charge is 0.351 e. The van der Waals surface area contributed by atoms with E-state index in [2.05, 4.69) is 32.7 Å². The summed E-state index contributed by atoms with van der Waals surface area (Å²) in [5.41, 5.74) is 0.383. The Bertz CT molecular complexity index is 542. The molecule has 5 heteroatoms. The van der Waals surface area contributed by atoms with Crippen molar-refractivity contribution in [2.45, 2.75) is 19.3 Å². The molecule has 3 rings (SSSR count). The van der Waals surface area contributed by atoms with Crippen molar-refractivity contribution >= 4 is 53.9 Å². The molecule has 2 aromatic heterocycles. The average molecular weight is 344 g/mol. The van der Waals surface area contributed by atoms with Crippen molar-refractivity contribution < 1.29 is 4.79 Å². The molecule has 1 N–H and O–H groups in total. The molecule has 1 amide bonds. The van der Waals surface area contributed by atoms with Crippen LogP contribution in [0, 0.1) is 5.41 Å². The highest BCUT2D eigenvalue weighted by atomic mass is 79.9. The van der Waals surface area contributed by atoms with Crippen molar-refractivity contribution in [3.8, 4) is 0 Å². The SMILES string of the molecule is O=C(NCC1(CCBr)CC1)c1cc2sccc2s1. The van der Waals surface area contributed by atoms with Gasteiger partial charge in [-0.15, -0.1) is 22.7 Å². The van der Waals surface area contributed by atoms with Gasteiger partial charge in [-0.1, -0.05) is 15.9 Å². The van der Waals surface area contributed by atoms with Crippen LogP contribution in [-0.4, -0.2) is 17.8 Å². The molecule has 0 atom stereocenters. The van der Waals surface area contributed by atoms with Gasteiger partial charge in [0.1, 0.15) is 0 Å². The lowest BCUT2D eigenvalue weighted by Gasteiger charge is -2.13. The fourth-order valence-corrected chi connectivity index (χ4v) is 4.99. The van der Waals surface area contributed by atoms with Crippen LogP contribution >= 0.6 is 38.6 Å². The Morgan fingerprint density at radius 3 is 2.94 bits per heavy atom. The van der Waals surface area contributed by atoms with Crippen molar-refractivity contribution in [1.29, 1.82) is 0 Å². The number of carbonyl (C=O) groups is 1. The van der Waals surface area contributed by atoms with Gasteiger partial charge in [0, 0.05) is 21.3 Å². The Kier molecular flexibility index (Phi) is 3.47. The molecule has 0 unspecified atom stereocenters. The van der Waals surface area contributed by atoms with E-state index in [4.69, 9.17) is 0 Å². The minimum absolute atomic E-state index is 0.0873. The molecule has 18 heavy (non-hydrogen) atoms. The van der Waals surface area contributed by atoms with Gasteiger partial charge in [0.05, 0.1) is 4.88 Å². The Labute approximate surface area is 123 Å². The van der Waals surface area contributed by atoms with Gasteiger partial charge in [0.25, 0.3) is 5.91 Å². The first-order valence-corrected chi connectivity index (χ1v) is 8.85. The predicted octanol–water partition coefficient (Wildman–Crippen LogP) is 4.26. The summed E-state index contributed by atoms with van der Waals surface area (Å²) in [6, 6.07) is 4.08. The fraction of sp³-hybridized carbons (Fsp3) is 0.462. The number of thiophene rings is 2. The molecule has 0 saturated heterocycles. The Hall–Kier alpha value is -0.390. The molecule has 0 spiro atoms. The molecule has 1 fully saturated rings. The van der Waals surface area contributed by atoms with E-state index in [9.17, 15) is 4.79 Å². The van der Waals surface area contributed by atoms with Crippen molar-refractivity contribution in [2.75, 3.05) is 11.9 Å². The van der Waals surface area contributed by atoms with E-state index in [1.807, 2.05) is 6.07 Å². The van der Waals surface area contributed by atoms with Gasteiger partial charge in [-0.25, -0.2) is 0 Å². The van der Waals surface area contributed by atoms with E-state index >= 15 is 0 Å². The Morgan fingerprint density at radius 1 is 1.44 bits per heavy atom. The maximum absolute atomic E-state index is 12.1. The van der Waals surface area contributed by atoms with E-state index in [1.54, 1.807) is 22.7 Å². The lowest BCUT2D eigenvalue weighted by molar-refractivity contribution is 0.0948. The number of fused-ring (bicyclic) bond motifs is 1. The summed E-state index contributed by atoms with van der Waals surface area (Å²) in [5, 5.41) is 6.19. The van der Waals surface area contributed by atoms with Gasteiger partial charge in [-0.2, -0.15) is 0 Å². The summed E-state index contributed by atoms with van der Waals surface area (Å²) in [6.45, 7) is 0.822. The van der Waals surface area contributed by atoms with Crippen molar-refractivity contribution in [1.82, 2.24) is 5.32 Å². The molecule has 2 nitrogen and oxygen atoms in total. The second-order valence-corrected chi connectivity index (χ2v) is 7.71. The minimum Gasteiger partial charge on any atom is -0.351 e. The first kappa shape index (κ1) is 12.6. The molecular formula is C13H14BrNOS2. The highest BCUT2D eigenvalue weighted by Crippen LogP contribution is 2.48. The van der Waals surface area contributed by atoms with Gasteiger partial charge < -0.3 is 5.32 Å². The monoisotopic (exact) mass is 343 g/mol. The maximum Gasteiger partial charge on any atom is 0.261 e. The molecule has 0 aliphatic heterocycles. The van der Waals surface area contributed by atoms with E-state index in [1.165, 1.54) is 22.2 Å². The lowest BCUT2D eigenvalue weighted by Crippen LogP contribution is -2.29. The van der Waals surface area contributed by atoms with Crippen LogP contribution in [-0.2, 0) is 0 Å². The van der Waals surface area contributed by atoms with Crippen LogP contribution in [0.15, 0.2) is 17.5 Å². The number of amides is 1. The zero-order valence-electron chi connectivity index (χ0n) is 9.87. The molecule has 0 aromatic carbocycles. The van der Waals surface area contributed by atoms with E-state index in [-0.39, 0.29) is 5.91 Å². The second kappa shape index (κ2) is 4.94. The van der Waals surface area contributed by atoms with Gasteiger partial charge in [-0.3, -0.25) is 4.79 Å². The van der Waals surface area contributed by atoms with Crippen molar-refractivity contribution in [2.24, 2.45) is 5.41 Å². The van der Waals surface area contributed by atoms with Crippen LogP contribution in [0.4, 0.5) is 0 Å². The zero-order valence-corrected chi connectivity index (χ0v) is 13.1. The summed E-state index contributed by atoms with van der Waals surface area (Å²) in [6.07, 6.45) is 3.66. The number of hydrogen-bond acceptors (Lipinski definition) is 3. The molecule has 1 aliphatic rings. The quantitative estimate of drug-likeness (QED) is 0.807. The summed E-state index contributed by atoms with van der Waals surface area (Å²) in [5.74, 6) is 0.0873. The fourth-order valence-electron chi connectivity index (χ4n) is 2.12. The van der Waals surface area contributed by atoms with Crippen molar-refractivity contribution in [3.05, 3.63) is 22.4 Å². The molecule has 0 bridgehead atoms. The molecule has 0 radical (unpaired) electrons. The van der Waals surface area contributed by atoms with Crippen molar-refractivity contribution in [3.63, 3.8) is 0 Å². The number of carbonyl (C=O) groups excluding carboxylic acids is 1. The van der Waals surface area contributed by atoms with Crippen LogP contribution < -0.4 is 5.32 Å². The highest BCUT2D eigenvalue weighted by molar-refractivity contribution is 9.09. The average Bonchev–Trinajstić information content (AvgIpc) is 2.80. The minimum atomic E-state index is 0.0873. The van der Waals surface area contributed by atoms with Gasteiger partial charge in [-0.05, 0) is 42.2 Å². The lowest BCUT2D eigenvalue weighted by atomic mass is 10.0. The third-order valence-corrected chi connectivity index (χ3v) is 6.06. The molecule has 1 saturated carbocycles. The first-order chi connectivity index (χ1) is 8.72. The predicted molar refractivity (Wildman–Crippen MR) is 82.1 cm³/mol. The summed E-state index contributed by atoms with van der Waals surface area (Å²) in [4.78, 5) is 12.9. The summed E-state index contributed by atoms with van der Waals surface area (Å²) >= 11 is 6.77. The highest BCUT2D eigenvalue weighted by Gasteiger charge is 2.41. The normalized spacial score (nSPS) is 16.9. The van der Waals surface area contributed by atoms with Crippen LogP contribution in [0.1, 0.15) is 28.9 Å². The van der Waals surface area contributed by atoms with Gasteiger partial charge in [0.2, 0.25) is 0 Å². The van der Waals surface area contributed by atoms with E-state index in [0.717, 1.165) is 23.2 Å². The Morgan fingerprint density at radius 2 is 2.28 bits per heavy atom. The maximum atomic E-state index is 12.1. The smallest absolute Gasteiger partial charge is 0.261 e. The van der Waals surface area contributed by atoms with Crippen LogP contribution in [0.5, 0.6) is 0 Å². The summed E-state index contributed by atoms with van der Waals surface area (Å²) < 4.78 is 2.43. The number of alkyl halides is 1. The number of rotatable bonds is 5. The van der Waals surface area contributed by atoms with Crippen LogP contribution in [0.2, 0.25) is 0 Å². The Balaban J connectivity index is 1.63. The van der Waals surface area contributed by atoms with Gasteiger partial charge >= 0.3 is 0 Å². The number of nitrogens with one attached hydrogen (secondary N) is 1. The molecule has 2 aromatic rings. The summed E-state index contributed by atoms with van der Waals surface area (Å²) in [7, 11) is 0. The van der Waals surface area contributed by atoms with E-state index < -0.39 is 0 Å². The van der Waals surface area contributed by atoms with Gasteiger partial charge in [0.15, 0.2) is 0 Å². The standard InChI is InChI=1S/C13H14BrNOS2/c14-5-4-13(2-3-13)8-15-12(16)11-7-10-9(18-11)1-6-17-10/h1,6-7H,2-5,8H2,(H,15,16). The molecule has 2 heterocycles. The molecular weight excluding hydrogens is 330 g/mol. The molecule has 1 aliphatic carbocycles. The first-order valence-electron chi connectivity index (χ1n) is 6.04. The molecule has 96 valence electrons.